The van der Waals surface area contributed by atoms with Gasteiger partial charge in [-0.2, -0.15) is 0 Å². The maximum absolute atomic E-state index is 12.4. The fraction of sp³-hybridized carbons (Fsp3) is 0.267. The predicted octanol–water partition coefficient (Wildman–Crippen LogP) is 3.75. The van der Waals surface area contributed by atoms with Crippen LogP contribution in [0.2, 0.25) is 0 Å². The van der Waals surface area contributed by atoms with Crippen LogP contribution in [-0.4, -0.2) is 23.9 Å². The number of fused-ring (bicyclic) bond motifs is 1. The lowest BCUT2D eigenvalue weighted by Crippen LogP contribution is -2.32. The van der Waals surface area contributed by atoms with E-state index in [0.29, 0.717) is 0 Å². The zero-order valence-corrected chi connectivity index (χ0v) is 12.8. The standard InChI is InChI=1S/C15H14BrNOS/c16-14-6-5-13(19-14)15(18)17-9-7-11-3-1-2-4-12(11)8-10-17/h1-6H,7-10H2. The van der Waals surface area contributed by atoms with Gasteiger partial charge in [0.1, 0.15) is 0 Å². The van der Waals surface area contributed by atoms with Gasteiger partial charge in [-0.15, -0.1) is 11.3 Å². The van der Waals surface area contributed by atoms with E-state index < -0.39 is 0 Å². The Hall–Kier alpha value is -1.13. The fourth-order valence-corrected chi connectivity index (χ4v) is 3.81. The number of halogens is 1. The van der Waals surface area contributed by atoms with Crippen molar-refractivity contribution in [2.75, 3.05) is 13.1 Å². The molecule has 0 fully saturated rings. The number of nitrogens with zero attached hydrogens (tertiary/aromatic N) is 1. The molecule has 1 aliphatic heterocycles. The summed E-state index contributed by atoms with van der Waals surface area (Å²) in [4.78, 5) is 15.2. The third kappa shape index (κ3) is 2.74. The molecule has 2 heterocycles. The number of hydrogen-bond acceptors (Lipinski definition) is 2. The second kappa shape index (κ2) is 5.47. The molecule has 0 N–H and O–H groups in total. The molecule has 1 aliphatic rings. The zero-order chi connectivity index (χ0) is 13.2. The summed E-state index contributed by atoms with van der Waals surface area (Å²) in [5.41, 5.74) is 2.76. The Morgan fingerprint density at radius 1 is 1.05 bits per heavy atom. The van der Waals surface area contributed by atoms with Gasteiger partial charge in [0.15, 0.2) is 0 Å². The second-order valence-corrected chi connectivity index (χ2v) is 7.13. The smallest absolute Gasteiger partial charge is 0.263 e. The average molecular weight is 336 g/mol. The van der Waals surface area contributed by atoms with Crippen LogP contribution in [0.5, 0.6) is 0 Å². The first-order chi connectivity index (χ1) is 9.24. The van der Waals surface area contributed by atoms with Crippen LogP contribution >= 0.6 is 27.3 Å². The summed E-state index contributed by atoms with van der Waals surface area (Å²) in [7, 11) is 0. The summed E-state index contributed by atoms with van der Waals surface area (Å²) in [5, 5.41) is 0. The van der Waals surface area contributed by atoms with Gasteiger partial charge in [0.25, 0.3) is 5.91 Å². The minimum atomic E-state index is 0.156. The molecule has 1 aromatic heterocycles. The average Bonchev–Trinajstić information content (AvgIpc) is 2.74. The molecule has 1 aromatic carbocycles. The Morgan fingerprint density at radius 2 is 1.68 bits per heavy atom. The molecular weight excluding hydrogens is 322 g/mol. The van der Waals surface area contributed by atoms with Gasteiger partial charge in [0.2, 0.25) is 0 Å². The molecule has 2 nitrogen and oxygen atoms in total. The summed E-state index contributed by atoms with van der Waals surface area (Å²) in [6.45, 7) is 1.62. The van der Waals surface area contributed by atoms with E-state index in [1.807, 2.05) is 17.0 Å². The molecule has 4 heteroatoms. The van der Waals surface area contributed by atoms with E-state index in [1.165, 1.54) is 22.5 Å². The van der Waals surface area contributed by atoms with Crippen LogP contribution in [0.1, 0.15) is 20.8 Å². The lowest BCUT2D eigenvalue weighted by atomic mass is 10.0. The van der Waals surface area contributed by atoms with Crippen molar-refractivity contribution >= 4 is 33.2 Å². The number of amides is 1. The maximum atomic E-state index is 12.4. The van der Waals surface area contributed by atoms with Crippen LogP contribution in [0.25, 0.3) is 0 Å². The molecule has 1 amide bonds. The van der Waals surface area contributed by atoms with Gasteiger partial charge in [-0.3, -0.25) is 4.79 Å². The quantitative estimate of drug-likeness (QED) is 0.777. The fourth-order valence-electron chi connectivity index (χ4n) is 2.46. The van der Waals surface area contributed by atoms with E-state index in [1.54, 1.807) is 0 Å². The van der Waals surface area contributed by atoms with Gasteiger partial charge in [-0.25, -0.2) is 0 Å². The van der Waals surface area contributed by atoms with Crippen LogP contribution in [0.3, 0.4) is 0 Å². The molecule has 0 atom stereocenters. The minimum absolute atomic E-state index is 0.156. The molecule has 0 bridgehead atoms. The molecular formula is C15H14BrNOS. The van der Waals surface area contributed by atoms with Crippen molar-refractivity contribution in [1.29, 1.82) is 0 Å². The molecule has 3 rings (SSSR count). The van der Waals surface area contributed by atoms with E-state index in [9.17, 15) is 4.79 Å². The molecule has 98 valence electrons. The molecule has 0 spiro atoms. The van der Waals surface area contributed by atoms with Crippen LogP contribution in [-0.2, 0) is 12.8 Å². The van der Waals surface area contributed by atoms with Crippen molar-refractivity contribution in [3.05, 3.63) is 56.2 Å². The Morgan fingerprint density at radius 3 is 2.21 bits per heavy atom. The van der Waals surface area contributed by atoms with Crippen molar-refractivity contribution in [3.8, 4) is 0 Å². The SMILES string of the molecule is O=C(c1ccc(Br)s1)N1CCc2ccccc2CC1. The molecule has 0 unspecified atom stereocenters. The highest BCUT2D eigenvalue weighted by Crippen LogP contribution is 2.24. The first kappa shape index (κ1) is 12.9. The molecule has 0 saturated heterocycles. The van der Waals surface area contributed by atoms with Gasteiger partial charge in [-0.1, -0.05) is 24.3 Å². The Labute approximate surface area is 125 Å². The topological polar surface area (TPSA) is 20.3 Å². The van der Waals surface area contributed by atoms with Crippen LogP contribution < -0.4 is 0 Å². The normalized spacial score (nSPS) is 14.9. The van der Waals surface area contributed by atoms with E-state index >= 15 is 0 Å². The van der Waals surface area contributed by atoms with Crippen LogP contribution in [0.4, 0.5) is 0 Å². The van der Waals surface area contributed by atoms with Gasteiger partial charge in [0, 0.05) is 13.1 Å². The number of thiophene rings is 1. The van der Waals surface area contributed by atoms with Crippen molar-refractivity contribution < 1.29 is 4.79 Å². The van der Waals surface area contributed by atoms with Crippen LogP contribution in [0.15, 0.2) is 40.2 Å². The molecule has 0 saturated carbocycles. The molecule has 19 heavy (non-hydrogen) atoms. The first-order valence-electron chi connectivity index (χ1n) is 6.35. The van der Waals surface area contributed by atoms with Gasteiger partial charge in [-0.05, 0) is 52.0 Å². The van der Waals surface area contributed by atoms with Gasteiger partial charge >= 0.3 is 0 Å². The molecule has 0 aliphatic carbocycles. The van der Waals surface area contributed by atoms with Crippen molar-refractivity contribution in [2.24, 2.45) is 0 Å². The lowest BCUT2D eigenvalue weighted by molar-refractivity contribution is 0.0768. The summed E-state index contributed by atoms with van der Waals surface area (Å²) in [6.07, 6.45) is 1.91. The first-order valence-corrected chi connectivity index (χ1v) is 7.96. The van der Waals surface area contributed by atoms with Gasteiger partial charge < -0.3 is 4.90 Å². The predicted molar refractivity (Wildman–Crippen MR) is 81.8 cm³/mol. The third-order valence-electron chi connectivity index (χ3n) is 3.49. The minimum Gasteiger partial charge on any atom is -0.337 e. The van der Waals surface area contributed by atoms with Crippen molar-refractivity contribution in [3.63, 3.8) is 0 Å². The highest BCUT2D eigenvalue weighted by atomic mass is 79.9. The van der Waals surface area contributed by atoms with E-state index in [2.05, 4.69) is 40.2 Å². The molecule has 0 radical (unpaired) electrons. The lowest BCUT2D eigenvalue weighted by Gasteiger charge is -2.19. The second-order valence-electron chi connectivity index (χ2n) is 4.66. The number of hydrogen-bond donors (Lipinski definition) is 0. The summed E-state index contributed by atoms with van der Waals surface area (Å²) in [6, 6.07) is 12.3. The summed E-state index contributed by atoms with van der Waals surface area (Å²) < 4.78 is 1.01. The highest BCUT2D eigenvalue weighted by Gasteiger charge is 2.20. The number of carbonyl (C=O) groups excluding carboxylic acids is 1. The monoisotopic (exact) mass is 335 g/mol. The number of rotatable bonds is 1. The van der Waals surface area contributed by atoms with Crippen LogP contribution in [0, 0.1) is 0 Å². The van der Waals surface area contributed by atoms with Crippen molar-refractivity contribution in [1.82, 2.24) is 4.90 Å². The van der Waals surface area contributed by atoms with Gasteiger partial charge in [0.05, 0.1) is 8.66 Å². The third-order valence-corrected chi connectivity index (χ3v) is 5.10. The summed E-state index contributed by atoms with van der Waals surface area (Å²) in [5.74, 6) is 0.156. The molecule has 2 aromatic rings. The number of benzene rings is 1. The van der Waals surface area contributed by atoms with E-state index in [0.717, 1.165) is 34.6 Å². The Kier molecular flexibility index (Phi) is 3.71. The maximum Gasteiger partial charge on any atom is 0.263 e. The largest absolute Gasteiger partial charge is 0.337 e. The van der Waals surface area contributed by atoms with E-state index in [-0.39, 0.29) is 5.91 Å². The van der Waals surface area contributed by atoms with E-state index in [4.69, 9.17) is 0 Å². The zero-order valence-electron chi connectivity index (χ0n) is 10.4. The summed E-state index contributed by atoms with van der Waals surface area (Å²) >= 11 is 4.92. The highest BCUT2D eigenvalue weighted by molar-refractivity contribution is 9.11. The Bertz CT molecular complexity index is 581. The van der Waals surface area contributed by atoms with Crippen molar-refractivity contribution in [2.45, 2.75) is 12.8 Å². The Balaban J connectivity index is 1.77. The number of carbonyl (C=O) groups is 1.